The molecule has 2 heteroatoms. The highest BCUT2D eigenvalue weighted by Crippen LogP contribution is 2.31. The minimum absolute atomic E-state index is 0.259. The average Bonchev–Trinajstić information content (AvgIpc) is 2.61. The third-order valence-electron chi connectivity index (χ3n) is 3.07. The summed E-state index contributed by atoms with van der Waals surface area (Å²) in [7, 11) is 2.15. The summed E-state index contributed by atoms with van der Waals surface area (Å²) in [6, 6.07) is 11.0. The summed E-state index contributed by atoms with van der Waals surface area (Å²) in [4.78, 5) is 2.33. The Morgan fingerprint density at radius 2 is 1.93 bits per heavy atom. The van der Waals surface area contributed by atoms with Gasteiger partial charge in [0.2, 0.25) is 0 Å². The molecule has 15 heavy (non-hydrogen) atoms. The van der Waals surface area contributed by atoms with Crippen molar-refractivity contribution >= 4 is 0 Å². The quantitative estimate of drug-likeness (QED) is 0.736. The molecule has 1 aromatic carbocycles. The molecule has 0 bridgehead atoms. The molecule has 82 valence electrons. The predicted molar refractivity (Wildman–Crippen MR) is 61.5 cm³/mol. The van der Waals surface area contributed by atoms with Crippen molar-refractivity contribution in [1.82, 2.24) is 4.90 Å². The monoisotopic (exact) mass is 205 g/mol. The van der Waals surface area contributed by atoms with Crippen LogP contribution < -0.4 is 0 Å². The molecule has 0 N–H and O–H groups in total. The summed E-state index contributed by atoms with van der Waals surface area (Å²) in [5.74, 6) is 0.545. The highest BCUT2D eigenvalue weighted by atomic mass is 16.5. The number of rotatable bonds is 2. The van der Waals surface area contributed by atoms with Gasteiger partial charge < -0.3 is 4.74 Å². The Balaban J connectivity index is 2.14. The minimum atomic E-state index is 0.259. The minimum Gasteiger partial charge on any atom is -0.361 e. The molecule has 2 atom stereocenters. The largest absolute Gasteiger partial charge is 0.361 e. The van der Waals surface area contributed by atoms with Crippen LogP contribution in [0.3, 0.4) is 0 Å². The van der Waals surface area contributed by atoms with Crippen LogP contribution in [0.5, 0.6) is 0 Å². The Kier molecular flexibility index (Phi) is 3.08. The van der Waals surface area contributed by atoms with E-state index < -0.39 is 0 Å². The maximum atomic E-state index is 5.82. The fourth-order valence-corrected chi connectivity index (χ4v) is 2.27. The lowest BCUT2D eigenvalue weighted by Crippen LogP contribution is -2.32. The fourth-order valence-electron chi connectivity index (χ4n) is 2.27. The van der Waals surface area contributed by atoms with Crippen LogP contribution in [0.4, 0.5) is 0 Å². The molecule has 2 rings (SSSR count). The van der Waals surface area contributed by atoms with Gasteiger partial charge >= 0.3 is 0 Å². The van der Waals surface area contributed by atoms with Gasteiger partial charge in [0.1, 0.15) is 6.23 Å². The first-order chi connectivity index (χ1) is 7.20. The highest BCUT2D eigenvalue weighted by molar-refractivity contribution is 5.19. The Morgan fingerprint density at radius 3 is 2.47 bits per heavy atom. The zero-order valence-corrected chi connectivity index (χ0v) is 9.68. The second-order valence-corrected chi connectivity index (χ2v) is 4.56. The van der Waals surface area contributed by atoms with Crippen LogP contribution >= 0.6 is 0 Å². The molecule has 1 saturated heterocycles. The SMILES string of the molecule is CC(C)[C@H]1OC[C@@H](c2ccccc2)N1C. The second-order valence-electron chi connectivity index (χ2n) is 4.56. The fraction of sp³-hybridized carbons (Fsp3) is 0.538. The number of hydrogen-bond donors (Lipinski definition) is 0. The van der Waals surface area contributed by atoms with E-state index in [1.165, 1.54) is 5.56 Å². The van der Waals surface area contributed by atoms with E-state index in [9.17, 15) is 0 Å². The summed E-state index contributed by atoms with van der Waals surface area (Å²) in [5.41, 5.74) is 1.35. The first-order valence-electron chi connectivity index (χ1n) is 5.58. The van der Waals surface area contributed by atoms with E-state index in [0.717, 1.165) is 6.61 Å². The van der Waals surface area contributed by atoms with Crippen molar-refractivity contribution in [1.29, 1.82) is 0 Å². The Bertz CT molecular complexity index is 310. The summed E-state index contributed by atoms with van der Waals surface area (Å²) < 4.78 is 5.82. The Morgan fingerprint density at radius 1 is 1.27 bits per heavy atom. The van der Waals surface area contributed by atoms with Gasteiger partial charge in [-0.25, -0.2) is 0 Å². The molecule has 2 nitrogen and oxygen atoms in total. The van der Waals surface area contributed by atoms with Crippen molar-refractivity contribution in [3.8, 4) is 0 Å². The predicted octanol–water partition coefficient (Wildman–Crippen LogP) is 2.67. The van der Waals surface area contributed by atoms with Crippen LogP contribution in [-0.4, -0.2) is 24.8 Å². The van der Waals surface area contributed by atoms with Crippen LogP contribution in [0.1, 0.15) is 25.5 Å². The molecule has 1 aliphatic rings. The molecule has 1 heterocycles. The molecular weight excluding hydrogens is 186 g/mol. The van der Waals surface area contributed by atoms with Gasteiger partial charge in [-0.05, 0) is 18.5 Å². The van der Waals surface area contributed by atoms with E-state index in [-0.39, 0.29) is 6.23 Å². The van der Waals surface area contributed by atoms with Crippen molar-refractivity contribution in [2.45, 2.75) is 26.1 Å². The molecule has 0 radical (unpaired) electrons. The topological polar surface area (TPSA) is 12.5 Å². The van der Waals surface area contributed by atoms with Crippen LogP contribution in [0, 0.1) is 5.92 Å². The normalized spacial score (nSPS) is 27.5. The van der Waals surface area contributed by atoms with Crippen molar-refractivity contribution in [3.63, 3.8) is 0 Å². The summed E-state index contributed by atoms with van der Waals surface area (Å²) in [5, 5.41) is 0. The van der Waals surface area contributed by atoms with E-state index in [4.69, 9.17) is 4.74 Å². The molecule has 0 aromatic heterocycles. The van der Waals surface area contributed by atoms with E-state index in [2.05, 4.69) is 56.1 Å². The maximum Gasteiger partial charge on any atom is 0.113 e. The lowest BCUT2D eigenvalue weighted by atomic mass is 10.1. The number of nitrogens with zero attached hydrogens (tertiary/aromatic N) is 1. The van der Waals surface area contributed by atoms with Gasteiger partial charge in [-0.2, -0.15) is 0 Å². The van der Waals surface area contributed by atoms with Crippen LogP contribution in [0.15, 0.2) is 30.3 Å². The van der Waals surface area contributed by atoms with Gasteiger partial charge in [-0.15, -0.1) is 0 Å². The zero-order chi connectivity index (χ0) is 10.8. The van der Waals surface area contributed by atoms with Crippen molar-refractivity contribution < 1.29 is 4.74 Å². The first kappa shape index (κ1) is 10.7. The molecule has 0 aliphatic carbocycles. The van der Waals surface area contributed by atoms with Crippen molar-refractivity contribution in [3.05, 3.63) is 35.9 Å². The molecule has 0 saturated carbocycles. The number of ether oxygens (including phenoxy) is 1. The van der Waals surface area contributed by atoms with Crippen molar-refractivity contribution in [2.75, 3.05) is 13.7 Å². The summed E-state index contributed by atoms with van der Waals surface area (Å²) in [6.07, 6.45) is 0.259. The van der Waals surface area contributed by atoms with Gasteiger partial charge in [-0.3, -0.25) is 4.90 Å². The van der Waals surface area contributed by atoms with Crippen LogP contribution in [-0.2, 0) is 4.74 Å². The lowest BCUT2D eigenvalue weighted by Gasteiger charge is -2.26. The second kappa shape index (κ2) is 4.33. The van der Waals surface area contributed by atoms with Gasteiger partial charge in [0.05, 0.1) is 12.6 Å². The molecule has 0 unspecified atom stereocenters. The molecule has 1 aliphatic heterocycles. The molecule has 0 spiro atoms. The number of likely N-dealkylation sites (N-methyl/N-ethyl adjacent to an activating group) is 1. The van der Waals surface area contributed by atoms with Gasteiger partial charge in [0.25, 0.3) is 0 Å². The van der Waals surface area contributed by atoms with Crippen molar-refractivity contribution in [2.24, 2.45) is 5.92 Å². The molecule has 1 fully saturated rings. The third-order valence-corrected chi connectivity index (χ3v) is 3.07. The van der Waals surface area contributed by atoms with Gasteiger partial charge in [0.15, 0.2) is 0 Å². The van der Waals surface area contributed by atoms with E-state index in [1.807, 2.05) is 0 Å². The van der Waals surface area contributed by atoms with Crippen LogP contribution in [0.25, 0.3) is 0 Å². The van der Waals surface area contributed by atoms with Gasteiger partial charge in [0, 0.05) is 0 Å². The van der Waals surface area contributed by atoms with E-state index >= 15 is 0 Å². The van der Waals surface area contributed by atoms with Gasteiger partial charge in [-0.1, -0.05) is 44.2 Å². The molecule has 1 aromatic rings. The first-order valence-corrected chi connectivity index (χ1v) is 5.58. The maximum absolute atomic E-state index is 5.82. The molecule has 0 amide bonds. The summed E-state index contributed by atoms with van der Waals surface area (Å²) in [6.45, 7) is 5.21. The summed E-state index contributed by atoms with van der Waals surface area (Å²) >= 11 is 0. The standard InChI is InChI=1S/C13H19NO/c1-10(2)13-14(3)12(9-15-13)11-7-5-4-6-8-11/h4-8,10,12-13H,9H2,1-3H3/t12-,13+/m0/s1. The Hall–Kier alpha value is -0.860. The average molecular weight is 205 g/mol. The number of hydrogen-bond acceptors (Lipinski definition) is 2. The lowest BCUT2D eigenvalue weighted by molar-refractivity contribution is 0.00733. The van der Waals surface area contributed by atoms with E-state index in [1.54, 1.807) is 0 Å². The third kappa shape index (κ3) is 2.06. The van der Waals surface area contributed by atoms with E-state index in [0.29, 0.717) is 12.0 Å². The highest BCUT2D eigenvalue weighted by Gasteiger charge is 2.33. The zero-order valence-electron chi connectivity index (χ0n) is 9.68. The number of benzene rings is 1. The van der Waals surface area contributed by atoms with Crippen LogP contribution in [0.2, 0.25) is 0 Å². The Labute approximate surface area is 91.9 Å². The smallest absolute Gasteiger partial charge is 0.113 e. The molecular formula is C13H19NO.